The zero-order valence-corrected chi connectivity index (χ0v) is 17.9. The Morgan fingerprint density at radius 1 is 1.21 bits per heavy atom. The van der Waals surface area contributed by atoms with Crippen molar-refractivity contribution < 1.29 is 9.53 Å². The third kappa shape index (κ3) is 4.52. The van der Waals surface area contributed by atoms with Crippen molar-refractivity contribution in [2.75, 3.05) is 26.2 Å². The van der Waals surface area contributed by atoms with Crippen LogP contribution in [0.15, 0.2) is 11.6 Å². The molecular weight excluding hydrogens is 394 g/mol. The van der Waals surface area contributed by atoms with Crippen LogP contribution in [0.25, 0.3) is 0 Å². The van der Waals surface area contributed by atoms with E-state index in [4.69, 9.17) is 4.74 Å². The quantitative estimate of drug-likeness (QED) is 0.714. The summed E-state index contributed by atoms with van der Waals surface area (Å²) in [7, 11) is 0. The molecule has 2 saturated heterocycles. The number of aryl methyl sites for hydroxylation is 1. The number of amides is 1. The van der Waals surface area contributed by atoms with Gasteiger partial charge in [0.25, 0.3) is 11.1 Å². The van der Waals surface area contributed by atoms with Crippen LogP contribution in [0, 0.1) is 0 Å². The van der Waals surface area contributed by atoms with E-state index in [1.807, 2.05) is 10.3 Å². The van der Waals surface area contributed by atoms with Gasteiger partial charge < -0.3 is 9.64 Å². The second kappa shape index (κ2) is 9.28. The molecule has 152 valence electrons. The first-order valence-corrected chi connectivity index (χ1v) is 11.8. The molecule has 0 N–H and O–H groups in total. The number of ether oxygens (including phenoxy) is 1. The highest BCUT2D eigenvalue weighted by atomic mass is 32.1. The summed E-state index contributed by atoms with van der Waals surface area (Å²) in [5.41, 5.74) is 0.863. The van der Waals surface area contributed by atoms with Crippen molar-refractivity contribution >= 4 is 28.8 Å². The highest BCUT2D eigenvalue weighted by Gasteiger charge is 2.31. The fraction of sp³-hybridized carbons (Fsp3) is 0.684. The maximum atomic E-state index is 12.9. The summed E-state index contributed by atoms with van der Waals surface area (Å²) in [5, 5.41) is 6.88. The van der Waals surface area contributed by atoms with Gasteiger partial charge >= 0.3 is 0 Å². The normalized spacial score (nSPS) is 19.8. The lowest BCUT2D eigenvalue weighted by Crippen LogP contribution is -2.50. The van der Waals surface area contributed by atoms with E-state index in [0.717, 1.165) is 80.5 Å². The predicted molar refractivity (Wildman–Crippen MR) is 110 cm³/mol. The zero-order chi connectivity index (χ0) is 19.3. The van der Waals surface area contributed by atoms with E-state index in [1.54, 1.807) is 17.5 Å². The number of nitrogens with zero attached hydrogens (tertiary/aromatic N) is 5. The van der Waals surface area contributed by atoms with E-state index in [1.165, 1.54) is 11.5 Å². The van der Waals surface area contributed by atoms with Crippen molar-refractivity contribution in [3.05, 3.63) is 22.1 Å². The van der Waals surface area contributed by atoms with Crippen LogP contribution in [0.4, 0.5) is 0 Å². The smallest absolute Gasteiger partial charge is 0.273 e. The van der Waals surface area contributed by atoms with Crippen molar-refractivity contribution in [1.29, 1.82) is 0 Å². The van der Waals surface area contributed by atoms with E-state index >= 15 is 0 Å². The predicted octanol–water partition coefficient (Wildman–Crippen LogP) is 3.10. The number of hydrogen-bond donors (Lipinski definition) is 0. The Morgan fingerprint density at radius 3 is 2.68 bits per heavy atom. The van der Waals surface area contributed by atoms with Crippen LogP contribution in [-0.2, 0) is 6.42 Å². The Kier molecular flexibility index (Phi) is 6.54. The third-order valence-corrected chi connectivity index (χ3v) is 7.08. The summed E-state index contributed by atoms with van der Waals surface area (Å²) in [5.74, 6) is 0.118. The lowest BCUT2D eigenvalue weighted by Gasteiger charge is -2.41. The maximum absolute atomic E-state index is 12.9. The Balaban J connectivity index is 1.24. The molecule has 0 saturated carbocycles. The Hall–Kier alpha value is -1.58. The van der Waals surface area contributed by atoms with Gasteiger partial charge in [-0.25, -0.2) is 4.98 Å². The molecule has 2 fully saturated rings. The second-order valence-corrected chi connectivity index (χ2v) is 9.08. The monoisotopic (exact) mass is 421 g/mol. The molecule has 0 bridgehead atoms. The van der Waals surface area contributed by atoms with Gasteiger partial charge in [-0.15, -0.1) is 5.10 Å². The standard InChI is InChI=1S/C19H27N5O2S2/c1-2-3-16-17(28-22-21-16)18(25)24-9-4-14(5-10-24)23-11-6-15(7-12-23)26-19-20-8-13-27-19/h8,13-15H,2-7,9-12H2,1H3. The van der Waals surface area contributed by atoms with Crippen molar-refractivity contribution in [2.45, 2.75) is 57.6 Å². The molecule has 0 radical (unpaired) electrons. The number of carbonyl (C=O) groups is 1. The summed E-state index contributed by atoms with van der Waals surface area (Å²) in [6.45, 7) is 5.87. The minimum Gasteiger partial charge on any atom is -0.467 e. The fourth-order valence-electron chi connectivity index (χ4n) is 4.12. The summed E-state index contributed by atoms with van der Waals surface area (Å²) in [4.78, 5) is 22.4. The average Bonchev–Trinajstić information content (AvgIpc) is 3.41. The van der Waals surface area contributed by atoms with Gasteiger partial charge in [-0.1, -0.05) is 29.2 Å². The van der Waals surface area contributed by atoms with Crippen molar-refractivity contribution in [3.8, 4) is 5.19 Å². The van der Waals surface area contributed by atoms with Gasteiger partial charge in [0, 0.05) is 43.8 Å². The summed E-state index contributed by atoms with van der Waals surface area (Å²) >= 11 is 2.80. The lowest BCUT2D eigenvalue weighted by atomic mass is 9.98. The number of carbonyl (C=O) groups excluding carboxylic acids is 1. The van der Waals surface area contributed by atoms with Gasteiger partial charge in [0.1, 0.15) is 11.0 Å². The molecule has 0 atom stereocenters. The maximum Gasteiger partial charge on any atom is 0.273 e. The largest absolute Gasteiger partial charge is 0.467 e. The average molecular weight is 422 g/mol. The molecule has 2 aliphatic heterocycles. The summed E-state index contributed by atoms with van der Waals surface area (Å²) < 4.78 is 9.97. The van der Waals surface area contributed by atoms with Crippen LogP contribution >= 0.6 is 22.9 Å². The van der Waals surface area contributed by atoms with Gasteiger partial charge in [0.2, 0.25) is 0 Å². The molecule has 0 aromatic carbocycles. The summed E-state index contributed by atoms with van der Waals surface area (Å²) in [6, 6.07) is 0.569. The van der Waals surface area contributed by atoms with Crippen molar-refractivity contribution in [2.24, 2.45) is 0 Å². The number of aromatic nitrogens is 3. The second-order valence-electron chi connectivity index (χ2n) is 7.47. The Morgan fingerprint density at radius 2 is 2.00 bits per heavy atom. The molecule has 1 amide bonds. The van der Waals surface area contributed by atoms with Crippen LogP contribution in [-0.4, -0.2) is 68.6 Å². The number of hydrogen-bond acceptors (Lipinski definition) is 8. The minimum atomic E-state index is 0.118. The SMILES string of the molecule is CCCc1nnsc1C(=O)N1CCC(N2CCC(Oc3nccs3)CC2)CC1. The van der Waals surface area contributed by atoms with Crippen LogP contribution in [0.2, 0.25) is 0 Å². The Labute approximate surface area is 173 Å². The van der Waals surface area contributed by atoms with E-state index in [9.17, 15) is 4.79 Å². The third-order valence-electron chi connectivity index (χ3n) is 5.66. The highest BCUT2D eigenvalue weighted by Crippen LogP contribution is 2.26. The highest BCUT2D eigenvalue weighted by molar-refractivity contribution is 7.11. The molecule has 2 aromatic heterocycles. The van der Waals surface area contributed by atoms with Crippen molar-refractivity contribution in [3.63, 3.8) is 0 Å². The molecule has 0 unspecified atom stereocenters. The van der Waals surface area contributed by atoms with Gasteiger partial charge in [-0.3, -0.25) is 9.69 Å². The number of thiazole rings is 1. The molecule has 4 rings (SSSR count). The molecule has 7 nitrogen and oxygen atoms in total. The van der Waals surface area contributed by atoms with Gasteiger partial charge in [0.05, 0.1) is 5.69 Å². The first kappa shape index (κ1) is 19.7. The van der Waals surface area contributed by atoms with Crippen molar-refractivity contribution in [1.82, 2.24) is 24.4 Å². The molecule has 9 heteroatoms. The van der Waals surface area contributed by atoms with E-state index in [2.05, 4.69) is 26.4 Å². The fourth-order valence-corrected chi connectivity index (χ4v) is 5.35. The molecule has 0 aliphatic carbocycles. The van der Waals surface area contributed by atoms with Crippen LogP contribution in [0.5, 0.6) is 5.19 Å². The zero-order valence-electron chi connectivity index (χ0n) is 16.2. The number of likely N-dealkylation sites (tertiary alicyclic amines) is 2. The molecule has 28 heavy (non-hydrogen) atoms. The first-order chi connectivity index (χ1) is 13.7. The van der Waals surface area contributed by atoms with Crippen LogP contribution in [0.3, 0.4) is 0 Å². The lowest BCUT2D eigenvalue weighted by molar-refractivity contribution is 0.0426. The number of piperidine rings is 2. The van der Waals surface area contributed by atoms with Crippen LogP contribution in [0.1, 0.15) is 54.4 Å². The molecule has 0 spiro atoms. The number of rotatable bonds is 6. The molecule has 2 aliphatic rings. The minimum absolute atomic E-state index is 0.118. The molecular formula is C19H27N5O2S2. The van der Waals surface area contributed by atoms with Gasteiger partial charge in [-0.05, 0) is 43.6 Å². The summed E-state index contributed by atoms with van der Waals surface area (Å²) in [6.07, 6.45) is 8.05. The molecule has 2 aromatic rings. The van der Waals surface area contributed by atoms with E-state index in [-0.39, 0.29) is 12.0 Å². The van der Waals surface area contributed by atoms with Gasteiger partial charge in [-0.2, -0.15) is 0 Å². The topological polar surface area (TPSA) is 71.5 Å². The first-order valence-electron chi connectivity index (χ1n) is 10.1. The van der Waals surface area contributed by atoms with E-state index in [0.29, 0.717) is 6.04 Å². The van der Waals surface area contributed by atoms with E-state index < -0.39 is 0 Å². The van der Waals surface area contributed by atoms with Gasteiger partial charge in [0.15, 0.2) is 0 Å². The van der Waals surface area contributed by atoms with Crippen LogP contribution < -0.4 is 4.74 Å². The molecule has 4 heterocycles. The Bertz CT molecular complexity index is 750.